The molecule has 94 valence electrons. The minimum absolute atomic E-state index is 0.0253. The molecule has 1 N–H and O–H groups in total. The van der Waals surface area contributed by atoms with Crippen LogP contribution in [0.4, 0.5) is 0 Å². The van der Waals surface area contributed by atoms with Crippen molar-refractivity contribution in [1.82, 2.24) is 9.80 Å². The van der Waals surface area contributed by atoms with Gasteiger partial charge in [0.05, 0.1) is 6.54 Å². The van der Waals surface area contributed by atoms with E-state index < -0.39 is 5.97 Å². The Balaban J connectivity index is 2.65. The van der Waals surface area contributed by atoms with Gasteiger partial charge in [-0.3, -0.25) is 9.59 Å². The van der Waals surface area contributed by atoms with Crippen LogP contribution in [0.3, 0.4) is 0 Å². The molecular formula is C11H16N2O4. The molecule has 0 atom stereocenters. The van der Waals surface area contributed by atoms with Gasteiger partial charge in [-0.2, -0.15) is 0 Å². The van der Waals surface area contributed by atoms with Gasteiger partial charge in [0.25, 0.3) is 0 Å². The Bertz CT molecular complexity index is 376. The summed E-state index contributed by atoms with van der Waals surface area (Å²) < 4.78 is 0. The number of carbonyl (C=O) groups excluding carboxylic acids is 2. The molecule has 1 rings (SSSR count). The molecule has 0 aromatic carbocycles. The molecule has 1 aliphatic rings. The van der Waals surface area contributed by atoms with E-state index >= 15 is 0 Å². The van der Waals surface area contributed by atoms with E-state index in [2.05, 4.69) is 0 Å². The summed E-state index contributed by atoms with van der Waals surface area (Å²) >= 11 is 0. The van der Waals surface area contributed by atoms with E-state index in [0.717, 1.165) is 6.08 Å². The van der Waals surface area contributed by atoms with Crippen LogP contribution < -0.4 is 0 Å². The molecular weight excluding hydrogens is 224 g/mol. The topological polar surface area (TPSA) is 77.9 Å². The van der Waals surface area contributed by atoms with Crippen LogP contribution >= 0.6 is 0 Å². The molecule has 0 saturated carbocycles. The number of carboxylic acid groups (broad SMARTS) is 1. The van der Waals surface area contributed by atoms with Crippen molar-refractivity contribution in [3.05, 3.63) is 11.6 Å². The second kappa shape index (κ2) is 5.47. The van der Waals surface area contributed by atoms with Crippen molar-refractivity contribution in [2.75, 3.05) is 26.2 Å². The molecule has 2 amide bonds. The van der Waals surface area contributed by atoms with Crippen molar-refractivity contribution in [3.63, 3.8) is 0 Å². The zero-order chi connectivity index (χ0) is 13.0. The van der Waals surface area contributed by atoms with Crippen LogP contribution in [0.1, 0.15) is 13.8 Å². The predicted molar refractivity (Wildman–Crippen MR) is 60.2 cm³/mol. The fourth-order valence-corrected chi connectivity index (χ4v) is 1.69. The van der Waals surface area contributed by atoms with Crippen molar-refractivity contribution in [1.29, 1.82) is 0 Å². The third kappa shape index (κ3) is 3.58. The number of aliphatic carboxylic acids is 1. The number of amides is 2. The maximum atomic E-state index is 11.7. The Hall–Kier alpha value is -1.85. The van der Waals surface area contributed by atoms with E-state index in [1.54, 1.807) is 6.92 Å². The van der Waals surface area contributed by atoms with Crippen molar-refractivity contribution >= 4 is 17.8 Å². The van der Waals surface area contributed by atoms with Gasteiger partial charge < -0.3 is 14.9 Å². The van der Waals surface area contributed by atoms with Gasteiger partial charge in [-0.05, 0) is 19.4 Å². The minimum Gasteiger partial charge on any atom is -0.478 e. The smallest absolute Gasteiger partial charge is 0.328 e. The summed E-state index contributed by atoms with van der Waals surface area (Å²) in [6, 6.07) is 0. The lowest BCUT2D eigenvalue weighted by Crippen LogP contribution is -2.53. The summed E-state index contributed by atoms with van der Waals surface area (Å²) in [5.74, 6) is -1.30. The van der Waals surface area contributed by atoms with Crippen LogP contribution in [0.15, 0.2) is 11.6 Å². The van der Waals surface area contributed by atoms with E-state index in [-0.39, 0.29) is 31.4 Å². The predicted octanol–water partition coefficient (Wildman–Crippen LogP) is -0.292. The molecule has 0 bridgehead atoms. The summed E-state index contributed by atoms with van der Waals surface area (Å²) in [6.07, 6.45) is 1.05. The molecule has 0 aromatic rings. The molecule has 0 aromatic heterocycles. The Morgan fingerprint density at radius 1 is 1.29 bits per heavy atom. The maximum absolute atomic E-state index is 11.7. The molecule has 6 heteroatoms. The number of hydrogen-bond acceptors (Lipinski definition) is 3. The number of hydrogen-bond donors (Lipinski definition) is 1. The van der Waals surface area contributed by atoms with Gasteiger partial charge in [0.15, 0.2) is 0 Å². The number of carbonyl (C=O) groups is 3. The highest BCUT2D eigenvalue weighted by Crippen LogP contribution is 2.07. The van der Waals surface area contributed by atoms with Crippen LogP contribution in [0.2, 0.25) is 0 Å². The first-order chi connectivity index (χ1) is 7.93. The minimum atomic E-state index is -1.05. The number of carboxylic acids is 1. The van der Waals surface area contributed by atoms with Gasteiger partial charge in [0, 0.05) is 19.2 Å². The van der Waals surface area contributed by atoms with Gasteiger partial charge in [-0.25, -0.2) is 4.79 Å². The molecule has 1 saturated heterocycles. The molecule has 0 spiro atoms. The van der Waals surface area contributed by atoms with Crippen LogP contribution in [-0.2, 0) is 14.4 Å². The highest BCUT2D eigenvalue weighted by Gasteiger charge is 2.28. The molecule has 0 aliphatic carbocycles. The third-order valence-electron chi connectivity index (χ3n) is 2.55. The Morgan fingerprint density at radius 2 is 1.82 bits per heavy atom. The second-order valence-corrected chi connectivity index (χ2v) is 3.99. The lowest BCUT2D eigenvalue weighted by atomic mass is 10.2. The standard InChI is InChI=1S/C11H16N2O4/c1-3-12-6-10(15)13(7-9(12)14)5-8(2)4-11(16)17/h4H,3,5-7H2,1-2H3,(H,16,17). The molecule has 0 unspecified atom stereocenters. The van der Waals surface area contributed by atoms with Crippen molar-refractivity contribution in [2.24, 2.45) is 0 Å². The third-order valence-corrected chi connectivity index (χ3v) is 2.55. The fraction of sp³-hybridized carbons (Fsp3) is 0.545. The van der Waals surface area contributed by atoms with E-state index in [9.17, 15) is 14.4 Å². The first-order valence-electron chi connectivity index (χ1n) is 5.39. The average Bonchev–Trinajstić information content (AvgIpc) is 2.21. The Kier molecular flexibility index (Phi) is 4.25. The summed E-state index contributed by atoms with van der Waals surface area (Å²) in [4.78, 5) is 36.6. The summed E-state index contributed by atoms with van der Waals surface area (Å²) in [6.45, 7) is 4.25. The van der Waals surface area contributed by atoms with Gasteiger partial charge in [-0.15, -0.1) is 0 Å². The second-order valence-electron chi connectivity index (χ2n) is 3.99. The Labute approximate surface area is 99.5 Å². The van der Waals surface area contributed by atoms with Gasteiger partial charge in [-0.1, -0.05) is 0 Å². The van der Waals surface area contributed by atoms with Crippen LogP contribution in [0.5, 0.6) is 0 Å². The molecule has 17 heavy (non-hydrogen) atoms. The maximum Gasteiger partial charge on any atom is 0.328 e. The van der Waals surface area contributed by atoms with Crippen molar-refractivity contribution in [3.8, 4) is 0 Å². The molecule has 6 nitrogen and oxygen atoms in total. The van der Waals surface area contributed by atoms with Crippen LogP contribution in [0.25, 0.3) is 0 Å². The number of likely N-dealkylation sites (N-methyl/N-ethyl adjacent to an activating group) is 1. The molecule has 0 radical (unpaired) electrons. The van der Waals surface area contributed by atoms with Gasteiger partial charge in [0.1, 0.15) is 6.54 Å². The summed E-state index contributed by atoms with van der Waals surface area (Å²) in [5, 5.41) is 8.56. The summed E-state index contributed by atoms with van der Waals surface area (Å²) in [7, 11) is 0. The number of nitrogens with zero attached hydrogens (tertiary/aromatic N) is 2. The quantitative estimate of drug-likeness (QED) is 0.685. The number of rotatable bonds is 4. The van der Waals surface area contributed by atoms with E-state index in [1.807, 2.05) is 6.92 Å². The van der Waals surface area contributed by atoms with E-state index in [1.165, 1.54) is 9.80 Å². The normalized spacial score (nSPS) is 17.6. The fourth-order valence-electron chi connectivity index (χ4n) is 1.69. The van der Waals surface area contributed by atoms with Crippen LogP contribution in [-0.4, -0.2) is 58.9 Å². The van der Waals surface area contributed by atoms with Gasteiger partial charge >= 0.3 is 5.97 Å². The van der Waals surface area contributed by atoms with Crippen molar-refractivity contribution in [2.45, 2.75) is 13.8 Å². The highest BCUT2D eigenvalue weighted by atomic mass is 16.4. The molecule has 1 fully saturated rings. The largest absolute Gasteiger partial charge is 0.478 e. The van der Waals surface area contributed by atoms with Gasteiger partial charge in [0.2, 0.25) is 11.8 Å². The SMILES string of the molecule is CCN1CC(=O)N(CC(C)=CC(=O)O)CC1=O. The monoisotopic (exact) mass is 240 g/mol. The highest BCUT2D eigenvalue weighted by molar-refractivity contribution is 5.92. The Morgan fingerprint density at radius 3 is 2.35 bits per heavy atom. The van der Waals surface area contributed by atoms with E-state index in [0.29, 0.717) is 12.1 Å². The zero-order valence-electron chi connectivity index (χ0n) is 9.97. The molecule has 1 aliphatic heterocycles. The average molecular weight is 240 g/mol. The molecule has 1 heterocycles. The van der Waals surface area contributed by atoms with Crippen LogP contribution in [0, 0.1) is 0 Å². The van der Waals surface area contributed by atoms with E-state index in [4.69, 9.17) is 5.11 Å². The number of piperazine rings is 1. The lowest BCUT2D eigenvalue weighted by molar-refractivity contribution is -0.149. The first kappa shape index (κ1) is 13.2. The first-order valence-corrected chi connectivity index (χ1v) is 5.39. The summed E-state index contributed by atoms with van der Waals surface area (Å²) in [5.41, 5.74) is 0.545. The lowest BCUT2D eigenvalue weighted by Gasteiger charge is -2.33. The zero-order valence-corrected chi connectivity index (χ0v) is 9.97. The van der Waals surface area contributed by atoms with Crippen molar-refractivity contribution < 1.29 is 19.5 Å².